The monoisotopic (exact) mass is 268 g/mol. The van der Waals surface area contributed by atoms with Crippen LogP contribution in [-0.4, -0.2) is 37.5 Å². The Hall–Kier alpha value is 0.220. The first-order chi connectivity index (χ1) is 7.39. The molecule has 0 aliphatic heterocycles. The van der Waals surface area contributed by atoms with E-state index in [2.05, 4.69) is 19.3 Å². The first-order valence-electron chi connectivity index (χ1n) is 5.64. The highest BCUT2D eigenvalue weighted by atomic mass is 32.2. The highest BCUT2D eigenvalue weighted by Gasteiger charge is 2.10. The van der Waals surface area contributed by atoms with Gasteiger partial charge in [-0.2, -0.15) is 11.8 Å². The van der Waals surface area contributed by atoms with Crippen molar-refractivity contribution in [2.24, 2.45) is 5.84 Å². The van der Waals surface area contributed by atoms with Crippen LogP contribution in [-0.2, 0) is 9.84 Å². The maximum atomic E-state index is 11.0. The molecule has 2 atom stereocenters. The molecule has 0 radical (unpaired) electrons. The van der Waals surface area contributed by atoms with Gasteiger partial charge in [-0.05, 0) is 19.3 Å². The Morgan fingerprint density at radius 2 is 2.06 bits per heavy atom. The quantitative estimate of drug-likeness (QED) is 0.485. The number of hydrogen-bond donors (Lipinski definition) is 2. The van der Waals surface area contributed by atoms with E-state index < -0.39 is 9.84 Å². The third-order valence-electron chi connectivity index (χ3n) is 2.46. The molecule has 0 rings (SSSR count). The van der Waals surface area contributed by atoms with Gasteiger partial charge in [-0.3, -0.25) is 11.3 Å². The summed E-state index contributed by atoms with van der Waals surface area (Å²) in [5.41, 5.74) is 2.75. The molecule has 98 valence electrons. The molecule has 0 aromatic carbocycles. The number of rotatable bonds is 9. The molecular formula is C10H24N2O2S2. The summed E-state index contributed by atoms with van der Waals surface area (Å²) in [5.74, 6) is 6.63. The average molecular weight is 268 g/mol. The predicted molar refractivity (Wildman–Crippen MR) is 72.3 cm³/mol. The average Bonchev–Trinajstić information content (AvgIpc) is 2.20. The van der Waals surface area contributed by atoms with Gasteiger partial charge in [0.2, 0.25) is 0 Å². The van der Waals surface area contributed by atoms with Crippen molar-refractivity contribution < 1.29 is 8.42 Å². The second-order valence-electron chi connectivity index (χ2n) is 4.19. The number of nitrogens with one attached hydrogen (secondary N) is 1. The van der Waals surface area contributed by atoms with E-state index in [1.165, 1.54) is 6.26 Å². The number of hydrazine groups is 1. The summed E-state index contributed by atoms with van der Waals surface area (Å²) in [5, 5.41) is 0.630. The lowest BCUT2D eigenvalue weighted by molar-refractivity contribution is 0.528. The van der Waals surface area contributed by atoms with Crippen molar-refractivity contribution in [3.63, 3.8) is 0 Å². The van der Waals surface area contributed by atoms with Crippen LogP contribution in [0.15, 0.2) is 0 Å². The number of sulfone groups is 1. The minimum absolute atomic E-state index is 0.209. The van der Waals surface area contributed by atoms with Gasteiger partial charge in [0.25, 0.3) is 0 Å². The molecule has 0 heterocycles. The summed E-state index contributed by atoms with van der Waals surface area (Å²) < 4.78 is 21.9. The van der Waals surface area contributed by atoms with Crippen LogP contribution in [0.3, 0.4) is 0 Å². The summed E-state index contributed by atoms with van der Waals surface area (Å²) in [6.07, 6.45) is 3.90. The maximum Gasteiger partial charge on any atom is 0.147 e. The Morgan fingerprint density at radius 1 is 1.44 bits per heavy atom. The van der Waals surface area contributed by atoms with Crippen molar-refractivity contribution in [2.45, 2.75) is 44.4 Å². The van der Waals surface area contributed by atoms with Gasteiger partial charge >= 0.3 is 0 Å². The molecule has 0 aliphatic carbocycles. The third-order valence-corrected chi connectivity index (χ3v) is 4.99. The van der Waals surface area contributed by atoms with Crippen LogP contribution >= 0.6 is 11.8 Å². The van der Waals surface area contributed by atoms with Crippen LogP contribution in [0.5, 0.6) is 0 Å². The lowest BCUT2D eigenvalue weighted by atomic mass is 10.2. The summed E-state index contributed by atoms with van der Waals surface area (Å²) in [6.45, 7) is 4.35. The largest absolute Gasteiger partial charge is 0.271 e. The maximum absolute atomic E-state index is 11.0. The fourth-order valence-electron chi connectivity index (χ4n) is 1.20. The van der Waals surface area contributed by atoms with Crippen molar-refractivity contribution in [2.75, 3.05) is 17.8 Å². The van der Waals surface area contributed by atoms with Gasteiger partial charge in [0.05, 0.1) is 0 Å². The fourth-order valence-corrected chi connectivity index (χ4v) is 2.96. The Balaban J connectivity index is 3.75. The molecule has 0 aromatic rings. The van der Waals surface area contributed by atoms with Gasteiger partial charge in [0.1, 0.15) is 9.84 Å². The van der Waals surface area contributed by atoms with Gasteiger partial charge in [-0.25, -0.2) is 8.42 Å². The van der Waals surface area contributed by atoms with E-state index in [0.29, 0.717) is 11.7 Å². The SMILES string of the molecule is CCC(C)SCC(CCCS(C)(=O)=O)NN. The Morgan fingerprint density at radius 3 is 2.50 bits per heavy atom. The molecule has 0 aromatic heterocycles. The minimum Gasteiger partial charge on any atom is -0.271 e. The van der Waals surface area contributed by atoms with E-state index in [4.69, 9.17) is 5.84 Å². The number of thioether (sulfide) groups is 1. The summed E-state index contributed by atoms with van der Waals surface area (Å²) in [4.78, 5) is 0. The molecule has 0 aliphatic rings. The zero-order chi connectivity index (χ0) is 12.6. The Kier molecular flexibility index (Phi) is 8.45. The molecule has 0 amide bonds. The summed E-state index contributed by atoms with van der Waals surface area (Å²) in [7, 11) is -2.84. The predicted octanol–water partition coefficient (Wildman–Crippen LogP) is 1.17. The van der Waals surface area contributed by atoms with Crippen LogP contribution < -0.4 is 11.3 Å². The summed E-state index contributed by atoms with van der Waals surface area (Å²) in [6, 6.07) is 0.209. The van der Waals surface area contributed by atoms with Crippen molar-refractivity contribution in [1.82, 2.24) is 5.43 Å². The number of hydrogen-bond acceptors (Lipinski definition) is 5. The van der Waals surface area contributed by atoms with E-state index in [9.17, 15) is 8.42 Å². The topological polar surface area (TPSA) is 72.2 Å². The van der Waals surface area contributed by atoms with Crippen LogP contribution in [0.4, 0.5) is 0 Å². The number of nitrogens with two attached hydrogens (primary N) is 1. The van der Waals surface area contributed by atoms with Crippen molar-refractivity contribution in [1.29, 1.82) is 0 Å². The van der Waals surface area contributed by atoms with Crippen LogP contribution in [0, 0.1) is 0 Å². The molecule has 0 bridgehead atoms. The zero-order valence-corrected chi connectivity index (χ0v) is 12.0. The van der Waals surface area contributed by atoms with Gasteiger partial charge in [0.15, 0.2) is 0 Å². The second-order valence-corrected chi connectivity index (χ2v) is 7.92. The van der Waals surface area contributed by atoms with E-state index in [0.717, 1.165) is 18.6 Å². The molecule has 0 saturated heterocycles. The third kappa shape index (κ3) is 9.45. The fraction of sp³-hybridized carbons (Fsp3) is 1.00. The van der Waals surface area contributed by atoms with E-state index in [1.807, 2.05) is 11.8 Å². The first-order valence-corrected chi connectivity index (χ1v) is 8.75. The van der Waals surface area contributed by atoms with Crippen LogP contribution in [0.2, 0.25) is 0 Å². The lowest BCUT2D eigenvalue weighted by Gasteiger charge is -2.17. The molecule has 0 fully saturated rings. The Labute approximate surface area is 104 Å². The molecule has 0 spiro atoms. The van der Waals surface area contributed by atoms with Crippen molar-refractivity contribution >= 4 is 21.6 Å². The zero-order valence-electron chi connectivity index (χ0n) is 10.4. The van der Waals surface area contributed by atoms with Gasteiger partial charge in [-0.15, -0.1) is 0 Å². The van der Waals surface area contributed by atoms with E-state index in [-0.39, 0.29) is 11.8 Å². The standard InChI is InChI=1S/C10H24N2O2S2/c1-4-9(2)15-8-10(12-11)6-5-7-16(3,13)14/h9-10,12H,4-8,11H2,1-3H3. The van der Waals surface area contributed by atoms with E-state index >= 15 is 0 Å². The molecule has 6 heteroatoms. The molecule has 2 unspecified atom stereocenters. The summed E-state index contributed by atoms with van der Waals surface area (Å²) >= 11 is 1.88. The normalized spacial score (nSPS) is 16.0. The molecule has 3 N–H and O–H groups in total. The van der Waals surface area contributed by atoms with Gasteiger partial charge in [-0.1, -0.05) is 13.8 Å². The molecule has 16 heavy (non-hydrogen) atoms. The van der Waals surface area contributed by atoms with Crippen molar-refractivity contribution in [3.05, 3.63) is 0 Å². The van der Waals surface area contributed by atoms with Gasteiger partial charge in [0, 0.05) is 29.1 Å². The smallest absolute Gasteiger partial charge is 0.147 e. The molecular weight excluding hydrogens is 244 g/mol. The van der Waals surface area contributed by atoms with E-state index in [1.54, 1.807) is 0 Å². The molecule has 0 saturated carbocycles. The van der Waals surface area contributed by atoms with Gasteiger partial charge < -0.3 is 0 Å². The lowest BCUT2D eigenvalue weighted by Crippen LogP contribution is -2.37. The molecule has 4 nitrogen and oxygen atoms in total. The second kappa shape index (κ2) is 8.33. The highest BCUT2D eigenvalue weighted by molar-refractivity contribution is 7.99. The minimum atomic E-state index is -2.84. The van der Waals surface area contributed by atoms with Crippen LogP contribution in [0.25, 0.3) is 0 Å². The van der Waals surface area contributed by atoms with Crippen LogP contribution in [0.1, 0.15) is 33.1 Å². The first kappa shape index (κ1) is 16.2. The highest BCUT2D eigenvalue weighted by Crippen LogP contribution is 2.16. The van der Waals surface area contributed by atoms with Crippen molar-refractivity contribution in [3.8, 4) is 0 Å². The Bertz CT molecular complexity index is 268.